The topological polar surface area (TPSA) is 0 Å². The zero-order valence-electron chi connectivity index (χ0n) is 5.96. The number of hydrogen-bond donors (Lipinski definition) is 0. The Labute approximate surface area is 81.0 Å². The van der Waals surface area contributed by atoms with E-state index in [2.05, 4.69) is 0 Å². The molecule has 1 rings (SSSR count). The van der Waals surface area contributed by atoms with E-state index >= 15 is 0 Å². The molecule has 0 nitrogen and oxygen atoms in total. The van der Waals surface area contributed by atoms with Gasteiger partial charge in [0, 0.05) is 0 Å². The molecular formula is C5H5F6FeP. The Morgan fingerprint density at radius 1 is 0.769 bits per heavy atom. The summed E-state index contributed by atoms with van der Waals surface area (Å²) in [4.78, 5) is 0. The normalized spacial score (nSPS) is 15.5. The SMILES string of the molecule is F[P-](F)(F)(F)(F)F.[Fe+2].c1cc[cH-]c1. The molecule has 0 aromatic heterocycles. The summed E-state index contributed by atoms with van der Waals surface area (Å²) in [6, 6.07) is 10.0. The molecule has 0 aliphatic carbocycles. The molecule has 0 aliphatic rings. The van der Waals surface area contributed by atoms with E-state index in [1.165, 1.54) is 0 Å². The molecule has 0 aliphatic heterocycles. The van der Waals surface area contributed by atoms with Crippen molar-refractivity contribution in [2.24, 2.45) is 0 Å². The van der Waals surface area contributed by atoms with Crippen molar-refractivity contribution in [2.75, 3.05) is 0 Å². The molecule has 0 unspecified atom stereocenters. The van der Waals surface area contributed by atoms with Crippen molar-refractivity contribution in [1.29, 1.82) is 0 Å². The van der Waals surface area contributed by atoms with Crippen molar-refractivity contribution in [1.82, 2.24) is 0 Å². The fraction of sp³-hybridized carbons (Fsp3) is 0. The third-order valence-corrected chi connectivity index (χ3v) is 0.556. The maximum absolute atomic E-state index is 10.7. The number of rotatable bonds is 0. The van der Waals surface area contributed by atoms with Gasteiger partial charge in [0.25, 0.3) is 0 Å². The summed E-state index contributed by atoms with van der Waals surface area (Å²) in [6.07, 6.45) is 0. The predicted octanol–water partition coefficient (Wildman–Crippen LogP) is 4.79. The Bertz CT molecular complexity index is 192. The second-order valence-electron chi connectivity index (χ2n) is 1.92. The Morgan fingerprint density at radius 2 is 1.00 bits per heavy atom. The summed E-state index contributed by atoms with van der Waals surface area (Å²) in [7, 11) is -10.7. The third kappa shape index (κ3) is 48.7. The first-order valence-corrected chi connectivity index (χ1v) is 4.71. The zero-order chi connectivity index (χ0) is 9.94. The van der Waals surface area contributed by atoms with Crippen LogP contribution in [0.3, 0.4) is 0 Å². The molecule has 0 bridgehead atoms. The van der Waals surface area contributed by atoms with E-state index in [4.69, 9.17) is 0 Å². The minimum atomic E-state index is -10.7. The van der Waals surface area contributed by atoms with Crippen LogP contribution in [0.15, 0.2) is 30.3 Å². The van der Waals surface area contributed by atoms with Crippen molar-refractivity contribution in [3.05, 3.63) is 30.3 Å². The Hall–Kier alpha value is -0.121. The van der Waals surface area contributed by atoms with Crippen molar-refractivity contribution < 1.29 is 42.3 Å². The van der Waals surface area contributed by atoms with Gasteiger partial charge in [-0.15, -0.1) is 0 Å². The number of halogens is 6. The monoisotopic (exact) mass is 266 g/mol. The summed E-state index contributed by atoms with van der Waals surface area (Å²) in [5.41, 5.74) is 0. The minimum Gasteiger partial charge on any atom is -0.214 e. The quantitative estimate of drug-likeness (QED) is 0.274. The maximum atomic E-state index is 9.87. The summed E-state index contributed by atoms with van der Waals surface area (Å²) >= 11 is 0. The predicted molar refractivity (Wildman–Crippen MR) is 35.6 cm³/mol. The average molecular weight is 266 g/mol. The van der Waals surface area contributed by atoms with E-state index in [-0.39, 0.29) is 17.1 Å². The van der Waals surface area contributed by atoms with Gasteiger partial charge in [-0.2, -0.15) is 18.2 Å². The molecule has 8 heteroatoms. The molecule has 13 heavy (non-hydrogen) atoms. The Kier molecular flexibility index (Phi) is 4.20. The van der Waals surface area contributed by atoms with Crippen molar-refractivity contribution in [3.8, 4) is 0 Å². The molecule has 0 spiro atoms. The summed E-state index contributed by atoms with van der Waals surface area (Å²) in [5.74, 6) is 0. The van der Waals surface area contributed by atoms with E-state index in [0.29, 0.717) is 0 Å². The fourth-order valence-electron chi connectivity index (χ4n) is 0.321. The molecular weight excluding hydrogens is 261 g/mol. The van der Waals surface area contributed by atoms with Crippen molar-refractivity contribution >= 4 is 7.81 Å². The number of hydrogen-bond acceptors (Lipinski definition) is 0. The van der Waals surface area contributed by atoms with Gasteiger partial charge in [-0.05, 0) is 0 Å². The molecule has 0 N–H and O–H groups in total. The van der Waals surface area contributed by atoms with E-state index in [9.17, 15) is 25.2 Å². The van der Waals surface area contributed by atoms with E-state index in [1.54, 1.807) is 0 Å². The van der Waals surface area contributed by atoms with Gasteiger partial charge < -0.3 is 0 Å². The van der Waals surface area contributed by atoms with Gasteiger partial charge in [-0.1, -0.05) is 0 Å². The second-order valence-corrected chi connectivity index (χ2v) is 3.84. The fourth-order valence-corrected chi connectivity index (χ4v) is 0.321. The molecule has 0 saturated heterocycles. The Morgan fingerprint density at radius 3 is 1.08 bits per heavy atom. The van der Waals surface area contributed by atoms with Crippen LogP contribution in [0.25, 0.3) is 0 Å². The van der Waals surface area contributed by atoms with Gasteiger partial charge >= 0.3 is 50.1 Å². The third-order valence-electron chi connectivity index (χ3n) is 0.556. The summed E-state index contributed by atoms with van der Waals surface area (Å²) < 4.78 is 59.2. The maximum Gasteiger partial charge on any atom is 2.00 e. The molecule has 0 heterocycles. The van der Waals surface area contributed by atoms with Crippen LogP contribution >= 0.6 is 7.81 Å². The van der Waals surface area contributed by atoms with Gasteiger partial charge in [0.2, 0.25) is 0 Å². The molecule has 1 aromatic carbocycles. The second kappa shape index (κ2) is 3.56. The van der Waals surface area contributed by atoms with Gasteiger partial charge in [0.15, 0.2) is 0 Å². The van der Waals surface area contributed by atoms with Crippen LogP contribution < -0.4 is 0 Å². The van der Waals surface area contributed by atoms with Crippen LogP contribution in [0.1, 0.15) is 0 Å². The van der Waals surface area contributed by atoms with Crippen LogP contribution in [-0.4, -0.2) is 0 Å². The first-order valence-electron chi connectivity index (χ1n) is 2.68. The smallest absolute Gasteiger partial charge is 0.214 e. The van der Waals surface area contributed by atoms with Crippen molar-refractivity contribution in [2.45, 2.75) is 0 Å². The molecule has 0 saturated carbocycles. The average Bonchev–Trinajstić information content (AvgIpc) is 2.00. The van der Waals surface area contributed by atoms with Gasteiger partial charge in [-0.25, -0.2) is 12.1 Å². The largest absolute Gasteiger partial charge is 2.00 e. The van der Waals surface area contributed by atoms with E-state index in [1.807, 2.05) is 30.3 Å². The van der Waals surface area contributed by atoms with Crippen molar-refractivity contribution in [3.63, 3.8) is 0 Å². The van der Waals surface area contributed by atoms with E-state index < -0.39 is 7.81 Å². The van der Waals surface area contributed by atoms with E-state index in [0.717, 1.165) is 0 Å². The molecule has 0 radical (unpaired) electrons. The summed E-state index contributed by atoms with van der Waals surface area (Å²) in [6.45, 7) is 0. The van der Waals surface area contributed by atoms with Crippen LogP contribution in [0, 0.1) is 0 Å². The molecule has 0 amide bonds. The first-order chi connectivity index (χ1) is 4.95. The standard InChI is InChI=1S/C5H5.F6P.Fe/c1-2-4-5-3-1;1-7(2,3,4,5)6;/h1-5H;;/q2*-1;+2. The van der Waals surface area contributed by atoms with Crippen LogP contribution in [-0.2, 0) is 17.1 Å². The molecule has 0 atom stereocenters. The Balaban J connectivity index is 0. The summed E-state index contributed by atoms with van der Waals surface area (Å²) in [5, 5.41) is 0. The molecule has 0 fully saturated rings. The van der Waals surface area contributed by atoms with Crippen LogP contribution in [0.4, 0.5) is 25.2 Å². The van der Waals surface area contributed by atoms with Gasteiger partial charge in [0.1, 0.15) is 0 Å². The van der Waals surface area contributed by atoms with Gasteiger partial charge in [-0.3, -0.25) is 0 Å². The molecule has 1 aromatic rings. The minimum absolute atomic E-state index is 0. The first kappa shape index (κ1) is 15.4. The van der Waals surface area contributed by atoms with Crippen LogP contribution in [0.5, 0.6) is 0 Å². The zero-order valence-corrected chi connectivity index (χ0v) is 7.95. The van der Waals surface area contributed by atoms with Gasteiger partial charge in [0.05, 0.1) is 0 Å². The van der Waals surface area contributed by atoms with Crippen LogP contribution in [0.2, 0.25) is 0 Å². The molecule has 80 valence electrons.